The Balaban J connectivity index is 3.37. The Bertz CT molecular complexity index is 258. The summed E-state index contributed by atoms with van der Waals surface area (Å²) in [6.07, 6.45) is 0. The van der Waals surface area contributed by atoms with Crippen LogP contribution in [0.5, 0.6) is 0 Å². The predicted molar refractivity (Wildman–Crippen MR) is 36.3 cm³/mol. The van der Waals surface area contributed by atoms with Crippen LogP contribution in [0.3, 0.4) is 0 Å². The van der Waals surface area contributed by atoms with Crippen LogP contribution >= 0.6 is 12.6 Å². The molecule has 0 aliphatic heterocycles. The third kappa shape index (κ3) is 0.999. The molecule has 5 heteroatoms. The predicted octanol–water partition coefficient (Wildman–Crippen LogP) is -0.433. The van der Waals surface area contributed by atoms with E-state index in [9.17, 15) is 0 Å². The van der Waals surface area contributed by atoms with Crippen molar-refractivity contribution >= 4 is 12.6 Å². The van der Waals surface area contributed by atoms with Crippen molar-refractivity contribution in [3.05, 3.63) is 5.62 Å². The van der Waals surface area contributed by atoms with Crippen LogP contribution in [0, 0.1) is 0 Å². The van der Waals surface area contributed by atoms with E-state index in [-0.39, 0.29) is 0 Å². The topological polar surface area (TPSA) is 46.0 Å². The van der Waals surface area contributed by atoms with Gasteiger partial charge in [0, 0.05) is 14.1 Å². The van der Waals surface area contributed by atoms with E-state index in [1.807, 2.05) is 7.05 Å². The molecule has 1 rings (SSSR count). The van der Waals surface area contributed by atoms with Gasteiger partial charge in [-0.2, -0.15) is 0 Å². The number of nitrogens with zero attached hydrogens (tertiary/aromatic N) is 3. The highest BCUT2D eigenvalue weighted by molar-refractivity contribution is 7.80. The first-order valence-corrected chi connectivity index (χ1v) is 2.93. The van der Waals surface area contributed by atoms with Crippen LogP contribution in [0.25, 0.3) is 0 Å². The fourth-order valence-corrected chi connectivity index (χ4v) is 0.689. The second kappa shape index (κ2) is 2.26. The van der Waals surface area contributed by atoms with Crippen LogP contribution in [-0.2, 0) is 7.05 Å². The first kappa shape index (κ1) is 6.41. The van der Waals surface area contributed by atoms with Gasteiger partial charge in [-0.15, -0.1) is 17.7 Å². The van der Waals surface area contributed by atoms with Crippen LogP contribution in [0.1, 0.15) is 0 Å². The Labute approximate surface area is 58.0 Å². The maximum Gasteiger partial charge on any atom is 0.220 e. The molecule has 1 heterocycles. The summed E-state index contributed by atoms with van der Waals surface area (Å²) in [5, 5.41) is 7.12. The van der Waals surface area contributed by atoms with E-state index < -0.39 is 0 Å². The smallest absolute Gasteiger partial charge is 0.220 e. The van der Waals surface area contributed by atoms with Crippen LogP contribution in [0.4, 0.5) is 0 Å². The number of nitrogens with one attached hydrogen (secondary N) is 1. The molecule has 0 radical (unpaired) electrons. The van der Waals surface area contributed by atoms with Gasteiger partial charge in [-0.25, -0.2) is 5.10 Å². The lowest BCUT2D eigenvalue weighted by molar-refractivity contribution is 0.750. The number of aromatic nitrogens is 3. The van der Waals surface area contributed by atoms with Gasteiger partial charge in [-0.05, 0) is 0 Å². The Hall–Kier alpha value is -0.710. The molecular weight excluding hydrogens is 136 g/mol. The molecule has 0 fully saturated rings. The Morgan fingerprint density at radius 2 is 2.44 bits per heavy atom. The normalized spacial score (nSPS) is 12.6. The largest absolute Gasteiger partial charge is 0.292 e. The molecule has 0 spiro atoms. The summed E-state index contributed by atoms with van der Waals surface area (Å²) in [4.78, 5) is 3.89. The molecule has 9 heavy (non-hydrogen) atoms. The molecule has 0 amide bonds. The molecule has 1 aromatic heterocycles. The number of hydrogen-bond acceptors (Lipinski definition) is 3. The maximum absolute atomic E-state index is 4.03. The average Bonchev–Trinajstić information content (AvgIpc) is 2.15. The molecule has 0 saturated carbocycles. The van der Waals surface area contributed by atoms with Crippen molar-refractivity contribution in [2.45, 2.75) is 5.16 Å². The SMILES string of the molecule is C/N=c1/[nH]nc(S)n1C. The molecule has 0 aliphatic carbocycles. The first-order chi connectivity index (χ1) is 4.25. The number of hydrogen-bond donors (Lipinski definition) is 2. The van der Waals surface area contributed by atoms with Gasteiger partial charge >= 0.3 is 0 Å². The lowest BCUT2D eigenvalue weighted by Crippen LogP contribution is -2.14. The van der Waals surface area contributed by atoms with Gasteiger partial charge in [-0.3, -0.25) is 9.56 Å². The number of thiol groups is 1. The summed E-state index contributed by atoms with van der Waals surface area (Å²) in [5.74, 6) is 0. The summed E-state index contributed by atoms with van der Waals surface area (Å²) < 4.78 is 1.75. The Morgan fingerprint density at radius 1 is 1.78 bits per heavy atom. The van der Waals surface area contributed by atoms with Gasteiger partial charge in [0.25, 0.3) is 0 Å². The van der Waals surface area contributed by atoms with E-state index in [2.05, 4.69) is 27.8 Å². The van der Waals surface area contributed by atoms with E-state index in [4.69, 9.17) is 0 Å². The minimum absolute atomic E-state index is 0.635. The van der Waals surface area contributed by atoms with Crippen molar-refractivity contribution in [3.63, 3.8) is 0 Å². The minimum Gasteiger partial charge on any atom is -0.292 e. The highest BCUT2D eigenvalue weighted by Gasteiger charge is 1.92. The quantitative estimate of drug-likeness (QED) is 0.477. The van der Waals surface area contributed by atoms with E-state index in [1.54, 1.807) is 11.6 Å². The molecule has 1 aromatic rings. The zero-order valence-electron chi connectivity index (χ0n) is 5.29. The average molecular weight is 144 g/mol. The fourth-order valence-electron chi connectivity index (χ4n) is 0.545. The van der Waals surface area contributed by atoms with E-state index >= 15 is 0 Å². The molecule has 0 atom stereocenters. The highest BCUT2D eigenvalue weighted by Crippen LogP contribution is 1.90. The van der Waals surface area contributed by atoms with Crippen molar-refractivity contribution in [1.29, 1.82) is 0 Å². The van der Waals surface area contributed by atoms with Gasteiger partial charge in [0.1, 0.15) is 0 Å². The lowest BCUT2D eigenvalue weighted by Gasteiger charge is -1.86. The zero-order valence-corrected chi connectivity index (χ0v) is 6.18. The zero-order chi connectivity index (χ0) is 6.85. The summed E-state index contributed by atoms with van der Waals surface area (Å²) in [5.41, 5.74) is 0.722. The van der Waals surface area contributed by atoms with E-state index in [0.717, 1.165) is 5.62 Å². The fraction of sp³-hybridized carbons (Fsp3) is 0.500. The van der Waals surface area contributed by atoms with Crippen molar-refractivity contribution in [2.24, 2.45) is 12.0 Å². The lowest BCUT2D eigenvalue weighted by atomic mass is 11.0. The standard InChI is InChI=1S/C4H8N4S/c1-5-3-6-7-4(9)8(3)2/h1-2H3,(H,5,6)(H,7,9). The highest BCUT2D eigenvalue weighted by atomic mass is 32.1. The third-order valence-electron chi connectivity index (χ3n) is 1.09. The number of aromatic amines is 1. The Kier molecular flexibility index (Phi) is 1.61. The van der Waals surface area contributed by atoms with Gasteiger partial charge in [0.15, 0.2) is 5.16 Å². The summed E-state index contributed by atoms with van der Waals surface area (Å²) in [6, 6.07) is 0. The summed E-state index contributed by atoms with van der Waals surface area (Å²) in [6.45, 7) is 0. The molecule has 4 nitrogen and oxygen atoms in total. The molecule has 1 N–H and O–H groups in total. The summed E-state index contributed by atoms with van der Waals surface area (Å²) >= 11 is 4.03. The van der Waals surface area contributed by atoms with E-state index in [1.165, 1.54) is 0 Å². The van der Waals surface area contributed by atoms with Gasteiger partial charge in [0.2, 0.25) is 5.62 Å². The van der Waals surface area contributed by atoms with Crippen molar-refractivity contribution in [1.82, 2.24) is 14.8 Å². The van der Waals surface area contributed by atoms with E-state index in [0.29, 0.717) is 5.16 Å². The van der Waals surface area contributed by atoms with Crippen LogP contribution in [0.2, 0.25) is 0 Å². The molecule has 0 bridgehead atoms. The monoisotopic (exact) mass is 144 g/mol. The molecule has 50 valence electrons. The molecule has 0 aromatic carbocycles. The Morgan fingerprint density at radius 3 is 2.67 bits per heavy atom. The maximum atomic E-state index is 4.03. The summed E-state index contributed by atoms with van der Waals surface area (Å²) in [7, 11) is 3.54. The van der Waals surface area contributed by atoms with Crippen molar-refractivity contribution in [3.8, 4) is 0 Å². The van der Waals surface area contributed by atoms with Gasteiger partial charge in [-0.1, -0.05) is 0 Å². The van der Waals surface area contributed by atoms with Crippen molar-refractivity contribution < 1.29 is 0 Å². The second-order valence-corrected chi connectivity index (χ2v) is 2.03. The van der Waals surface area contributed by atoms with Crippen molar-refractivity contribution in [2.75, 3.05) is 7.05 Å². The van der Waals surface area contributed by atoms with Gasteiger partial charge in [0.05, 0.1) is 0 Å². The minimum atomic E-state index is 0.635. The molecule has 0 unspecified atom stereocenters. The van der Waals surface area contributed by atoms with Crippen LogP contribution in [0.15, 0.2) is 10.1 Å². The molecule has 0 aliphatic rings. The van der Waals surface area contributed by atoms with Crippen LogP contribution in [-0.4, -0.2) is 21.8 Å². The second-order valence-electron chi connectivity index (χ2n) is 1.63. The molecule has 0 saturated heterocycles. The number of rotatable bonds is 0. The van der Waals surface area contributed by atoms with Crippen LogP contribution < -0.4 is 5.62 Å². The third-order valence-corrected chi connectivity index (χ3v) is 1.49. The molecular formula is C4H8N4S. The first-order valence-electron chi connectivity index (χ1n) is 2.49. The number of H-pyrrole nitrogens is 1. The van der Waals surface area contributed by atoms with Gasteiger partial charge < -0.3 is 0 Å².